The van der Waals surface area contributed by atoms with Gasteiger partial charge in [0.25, 0.3) is 0 Å². The van der Waals surface area contributed by atoms with Crippen molar-refractivity contribution in [3.8, 4) is 11.8 Å². The summed E-state index contributed by atoms with van der Waals surface area (Å²) in [5, 5.41) is 8.81. The van der Waals surface area contributed by atoms with Crippen molar-refractivity contribution >= 4 is 0 Å². The van der Waals surface area contributed by atoms with Gasteiger partial charge in [-0.2, -0.15) is 5.26 Å². The number of hydrogen-bond acceptors (Lipinski definition) is 3. The molecule has 1 saturated heterocycles. The summed E-state index contributed by atoms with van der Waals surface area (Å²) < 4.78 is 11.4. The van der Waals surface area contributed by atoms with Gasteiger partial charge in [-0.3, -0.25) is 0 Å². The second-order valence-corrected chi connectivity index (χ2v) is 3.95. The molecular weight excluding hydrogens is 190 g/mol. The van der Waals surface area contributed by atoms with Crippen molar-refractivity contribution in [3.63, 3.8) is 0 Å². The molecule has 0 saturated carbocycles. The van der Waals surface area contributed by atoms with Crippen molar-refractivity contribution in [1.82, 2.24) is 0 Å². The van der Waals surface area contributed by atoms with E-state index < -0.39 is 0 Å². The minimum Gasteiger partial charge on any atom is -0.487 e. The Kier molecular flexibility index (Phi) is 1.74. The van der Waals surface area contributed by atoms with Gasteiger partial charge in [0.05, 0.1) is 11.6 Å². The van der Waals surface area contributed by atoms with E-state index in [0.717, 1.165) is 17.7 Å². The molecule has 0 bridgehead atoms. The molecule has 0 aliphatic carbocycles. The van der Waals surface area contributed by atoms with Crippen molar-refractivity contribution in [2.45, 2.75) is 31.7 Å². The Balaban J connectivity index is 2.02. The molecule has 2 aliphatic heterocycles. The van der Waals surface area contributed by atoms with Crippen LogP contribution in [-0.4, -0.2) is 12.2 Å². The fourth-order valence-corrected chi connectivity index (χ4v) is 2.15. The molecule has 0 aromatic heterocycles. The van der Waals surface area contributed by atoms with E-state index in [1.165, 1.54) is 0 Å². The standard InChI is InChI=1S/C12H11NO2/c1-2-9-12-11(15-12)8-5-7(6-13)3-4-10(8)14-9/h3-5,9,11-12H,2H2,1H3. The molecule has 0 spiro atoms. The Bertz CT molecular complexity index is 449. The highest BCUT2D eigenvalue weighted by Gasteiger charge is 2.51. The van der Waals surface area contributed by atoms with E-state index in [1.54, 1.807) is 6.07 Å². The van der Waals surface area contributed by atoms with Crippen molar-refractivity contribution < 1.29 is 9.47 Å². The molecular formula is C12H11NO2. The van der Waals surface area contributed by atoms with Crippen LogP contribution in [0.25, 0.3) is 0 Å². The third-order valence-electron chi connectivity index (χ3n) is 3.02. The molecule has 15 heavy (non-hydrogen) atoms. The van der Waals surface area contributed by atoms with Crippen LogP contribution in [0.2, 0.25) is 0 Å². The van der Waals surface area contributed by atoms with Crippen LogP contribution in [0.15, 0.2) is 18.2 Å². The molecule has 3 atom stereocenters. The van der Waals surface area contributed by atoms with Crippen LogP contribution in [-0.2, 0) is 4.74 Å². The average Bonchev–Trinajstić information content (AvgIpc) is 3.07. The van der Waals surface area contributed by atoms with Gasteiger partial charge >= 0.3 is 0 Å². The Morgan fingerprint density at radius 3 is 3.07 bits per heavy atom. The first-order valence-electron chi connectivity index (χ1n) is 5.19. The molecule has 3 unspecified atom stereocenters. The normalized spacial score (nSPS) is 30.8. The lowest BCUT2D eigenvalue weighted by atomic mass is 9.99. The largest absolute Gasteiger partial charge is 0.487 e. The lowest BCUT2D eigenvalue weighted by molar-refractivity contribution is 0.155. The summed E-state index contributed by atoms with van der Waals surface area (Å²) in [6.45, 7) is 2.10. The highest BCUT2D eigenvalue weighted by atomic mass is 16.6. The molecule has 1 fully saturated rings. The van der Waals surface area contributed by atoms with E-state index in [1.807, 2.05) is 12.1 Å². The number of epoxide rings is 1. The van der Waals surface area contributed by atoms with Crippen LogP contribution in [0.1, 0.15) is 30.6 Å². The number of fused-ring (bicyclic) bond motifs is 3. The minimum absolute atomic E-state index is 0.159. The Labute approximate surface area is 88.2 Å². The van der Waals surface area contributed by atoms with Crippen LogP contribution in [0, 0.1) is 11.3 Å². The monoisotopic (exact) mass is 201 g/mol. The first kappa shape index (κ1) is 8.75. The van der Waals surface area contributed by atoms with Gasteiger partial charge in [0, 0.05) is 5.56 Å². The predicted octanol–water partition coefficient (Wildman–Crippen LogP) is 2.17. The van der Waals surface area contributed by atoms with Crippen LogP contribution < -0.4 is 4.74 Å². The van der Waals surface area contributed by atoms with Crippen molar-refractivity contribution in [2.75, 3.05) is 0 Å². The summed E-state index contributed by atoms with van der Waals surface area (Å²) >= 11 is 0. The van der Waals surface area contributed by atoms with Gasteiger partial charge in [-0.25, -0.2) is 0 Å². The molecule has 1 aromatic carbocycles. The third-order valence-corrected chi connectivity index (χ3v) is 3.02. The first-order chi connectivity index (χ1) is 7.33. The maximum absolute atomic E-state index is 8.81. The molecule has 0 N–H and O–H groups in total. The van der Waals surface area contributed by atoms with Crippen LogP contribution in [0.4, 0.5) is 0 Å². The molecule has 2 aliphatic rings. The quantitative estimate of drug-likeness (QED) is 0.654. The van der Waals surface area contributed by atoms with Gasteiger partial charge < -0.3 is 9.47 Å². The fourth-order valence-electron chi connectivity index (χ4n) is 2.15. The van der Waals surface area contributed by atoms with Gasteiger partial charge in [-0.15, -0.1) is 0 Å². The summed E-state index contributed by atoms with van der Waals surface area (Å²) in [6.07, 6.45) is 1.50. The third kappa shape index (κ3) is 1.22. The molecule has 76 valence electrons. The summed E-state index contributed by atoms with van der Waals surface area (Å²) in [6, 6.07) is 7.65. The van der Waals surface area contributed by atoms with Gasteiger partial charge in [-0.05, 0) is 24.6 Å². The molecule has 1 aromatic rings. The zero-order valence-corrected chi connectivity index (χ0v) is 8.43. The predicted molar refractivity (Wildman–Crippen MR) is 53.5 cm³/mol. The lowest BCUT2D eigenvalue weighted by Gasteiger charge is -2.21. The Morgan fingerprint density at radius 1 is 1.47 bits per heavy atom. The van der Waals surface area contributed by atoms with Crippen LogP contribution in [0.3, 0.4) is 0 Å². The molecule has 0 amide bonds. The van der Waals surface area contributed by atoms with E-state index in [0.29, 0.717) is 5.56 Å². The smallest absolute Gasteiger partial charge is 0.127 e. The van der Waals surface area contributed by atoms with Crippen LogP contribution >= 0.6 is 0 Å². The fraction of sp³-hybridized carbons (Fsp3) is 0.417. The van der Waals surface area contributed by atoms with Crippen molar-refractivity contribution in [1.29, 1.82) is 5.26 Å². The lowest BCUT2D eigenvalue weighted by Crippen LogP contribution is -2.26. The maximum Gasteiger partial charge on any atom is 0.127 e. The van der Waals surface area contributed by atoms with Gasteiger partial charge in [0.1, 0.15) is 24.1 Å². The van der Waals surface area contributed by atoms with E-state index in [-0.39, 0.29) is 18.3 Å². The number of rotatable bonds is 1. The van der Waals surface area contributed by atoms with Crippen molar-refractivity contribution in [3.05, 3.63) is 29.3 Å². The minimum atomic E-state index is 0.159. The second-order valence-electron chi connectivity index (χ2n) is 3.95. The van der Waals surface area contributed by atoms with E-state index in [4.69, 9.17) is 14.7 Å². The molecule has 0 radical (unpaired) electrons. The summed E-state index contributed by atoms with van der Waals surface area (Å²) in [4.78, 5) is 0. The van der Waals surface area contributed by atoms with Gasteiger partial charge in [0.15, 0.2) is 0 Å². The van der Waals surface area contributed by atoms with Gasteiger partial charge in [0.2, 0.25) is 0 Å². The summed E-state index contributed by atoms with van der Waals surface area (Å²) in [7, 11) is 0. The topological polar surface area (TPSA) is 45.5 Å². The van der Waals surface area contributed by atoms with E-state index >= 15 is 0 Å². The van der Waals surface area contributed by atoms with E-state index in [9.17, 15) is 0 Å². The van der Waals surface area contributed by atoms with E-state index in [2.05, 4.69) is 13.0 Å². The summed E-state index contributed by atoms with van der Waals surface area (Å²) in [5.41, 5.74) is 1.70. The number of nitriles is 1. The number of benzene rings is 1. The van der Waals surface area contributed by atoms with Gasteiger partial charge in [-0.1, -0.05) is 6.92 Å². The number of ether oxygens (including phenoxy) is 2. The number of nitrogens with zero attached hydrogens (tertiary/aromatic N) is 1. The Morgan fingerprint density at radius 2 is 2.33 bits per heavy atom. The average molecular weight is 201 g/mol. The first-order valence-corrected chi connectivity index (χ1v) is 5.19. The highest BCUT2D eigenvalue weighted by Crippen LogP contribution is 2.50. The molecule has 3 rings (SSSR count). The van der Waals surface area contributed by atoms with Crippen molar-refractivity contribution in [2.24, 2.45) is 0 Å². The zero-order chi connectivity index (χ0) is 10.4. The SMILES string of the molecule is CCC1Oc2ccc(C#N)cc2C2OC12. The highest BCUT2D eigenvalue weighted by molar-refractivity contribution is 5.46. The maximum atomic E-state index is 8.81. The number of hydrogen-bond donors (Lipinski definition) is 0. The molecule has 3 nitrogen and oxygen atoms in total. The molecule has 2 heterocycles. The molecule has 3 heteroatoms. The zero-order valence-electron chi connectivity index (χ0n) is 8.43. The second kappa shape index (κ2) is 2.98. The Hall–Kier alpha value is -1.53. The van der Waals surface area contributed by atoms with Crippen LogP contribution in [0.5, 0.6) is 5.75 Å². The summed E-state index contributed by atoms with van der Waals surface area (Å²) in [5.74, 6) is 0.875.